The highest BCUT2D eigenvalue weighted by Gasteiger charge is 2.33. The molecule has 1 saturated heterocycles. The molecule has 0 amide bonds. The maximum Gasteiger partial charge on any atom is 0.160 e. The summed E-state index contributed by atoms with van der Waals surface area (Å²) in [6.45, 7) is 1.98. The SMILES string of the molecule is Cc1cccc2cnc(C3CCCCS3(=O)=O)n12. The number of sulfone groups is 1. The maximum absolute atomic E-state index is 12.2. The number of aryl methyl sites for hydroxylation is 1. The number of aromatic nitrogens is 2. The molecule has 1 unspecified atom stereocenters. The molecule has 1 atom stereocenters. The second-order valence-electron chi connectivity index (χ2n) is 4.90. The molecule has 0 radical (unpaired) electrons. The minimum Gasteiger partial charge on any atom is -0.300 e. The van der Waals surface area contributed by atoms with E-state index >= 15 is 0 Å². The minimum atomic E-state index is -3.04. The van der Waals surface area contributed by atoms with E-state index in [1.165, 1.54) is 0 Å². The second-order valence-corrected chi connectivity index (χ2v) is 7.20. The number of hydrogen-bond acceptors (Lipinski definition) is 3. The minimum absolute atomic E-state index is 0.290. The van der Waals surface area contributed by atoms with E-state index < -0.39 is 15.1 Å². The Kier molecular flexibility index (Phi) is 2.66. The van der Waals surface area contributed by atoms with Crippen molar-refractivity contribution in [3.8, 4) is 0 Å². The fourth-order valence-electron chi connectivity index (χ4n) is 2.71. The summed E-state index contributed by atoms with van der Waals surface area (Å²) in [5.74, 6) is 0.973. The topological polar surface area (TPSA) is 51.4 Å². The van der Waals surface area contributed by atoms with Crippen LogP contribution < -0.4 is 0 Å². The number of rotatable bonds is 1. The smallest absolute Gasteiger partial charge is 0.160 e. The van der Waals surface area contributed by atoms with E-state index in [9.17, 15) is 8.42 Å². The van der Waals surface area contributed by atoms with Gasteiger partial charge in [0, 0.05) is 5.69 Å². The van der Waals surface area contributed by atoms with Crippen LogP contribution in [0.4, 0.5) is 0 Å². The monoisotopic (exact) mass is 264 g/mol. The molecule has 18 heavy (non-hydrogen) atoms. The molecular formula is C13H16N2O2S. The average molecular weight is 264 g/mol. The van der Waals surface area contributed by atoms with Crippen molar-refractivity contribution in [1.29, 1.82) is 0 Å². The molecule has 0 N–H and O–H groups in total. The Labute approximate surface area is 107 Å². The first kappa shape index (κ1) is 11.7. The van der Waals surface area contributed by atoms with Crippen molar-refractivity contribution in [2.24, 2.45) is 0 Å². The van der Waals surface area contributed by atoms with Crippen molar-refractivity contribution < 1.29 is 8.42 Å². The molecule has 2 aromatic heterocycles. The van der Waals surface area contributed by atoms with Gasteiger partial charge in [0.25, 0.3) is 0 Å². The summed E-state index contributed by atoms with van der Waals surface area (Å²) in [4.78, 5) is 4.36. The first-order valence-electron chi connectivity index (χ1n) is 6.24. The zero-order chi connectivity index (χ0) is 12.8. The van der Waals surface area contributed by atoms with Crippen molar-refractivity contribution in [2.75, 3.05) is 5.75 Å². The molecule has 4 nitrogen and oxygen atoms in total. The number of hydrogen-bond donors (Lipinski definition) is 0. The maximum atomic E-state index is 12.2. The molecule has 5 heteroatoms. The lowest BCUT2D eigenvalue weighted by molar-refractivity contribution is 0.537. The van der Waals surface area contributed by atoms with Crippen LogP contribution in [0.15, 0.2) is 24.4 Å². The third-order valence-electron chi connectivity index (χ3n) is 3.64. The lowest BCUT2D eigenvalue weighted by Crippen LogP contribution is -2.23. The van der Waals surface area contributed by atoms with Crippen molar-refractivity contribution in [3.05, 3.63) is 35.9 Å². The first-order valence-corrected chi connectivity index (χ1v) is 7.96. The van der Waals surface area contributed by atoms with Crippen molar-refractivity contribution in [2.45, 2.75) is 31.4 Å². The quantitative estimate of drug-likeness (QED) is 0.794. The molecule has 3 rings (SSSR count). The molecule has 0 spiro atoms. The number of imidazole rings is 1. The van der Waals surface area contributed by atoms with E-state index in [4.69, 9.17) is 0 Å². The van der Waals surface area contributed by atoms with Gasteiger partial charge < -0.3 is 0 Å². The molecule has 0 saturated carbocycles. The standard InChI is InChI=1S/C13H16N2O2S/c1-10-5-4-6-11-9-14-13(15(10)11)12-7-2-3-8-18(12,16)17/h4-6,9,12H,2-3,7-8H2,1H3. The number of fused-ring (bicyclic) bond motifs is 1. The lowest BCUT2D eigenvalue weighted by atomic mass is 10.2. The third kappa shape index (κ3) is 1.73. The van der Waals surface area contributed by atoms with E-state index in [0.717, 1.165) is 24.1 Å². The van der Waals surface area contributed by atoms with E-state index in [-0.39, 0.29) is 0 Å². The summed E-state index contributed by atoms with van der Waals surface area (Å²) in [6.07, 6.45) is 4.19. The summed E-state index contributed by atoms with van der Waals surface area (Å²) in [7, 11) is -3.04. The van der Waals surface area contributed by atoms with Crippen LogP contribution in [0.25, 0.3) is 5.52 Å². The van der Waals surface area contributed by atoms with Gasteiger partial charge in [-0.15, -0.1) is 0 Å². The predicted octanol–water partition coefficient (Wildman–Crippen LogP) is 2.28. The molecule has 1 aliphatic heterocycles. The largest absolute Gasteiger partial charge is 0.300 e. The van der Waals surface area contributed by atoms with Gasteiger partial charge in [0.1, 0.15) is 11.1 Å². The molecule has 2 aromatic rings. The van der Waals surface area contributed by atoms with Crippen LogP contribution in [0.3, 0.4) is 0 Å². The van der Waals surface area contributed by atoms with Crippen LogP contribution in [0.2, 0.25) is 0 Å². The van der Waals surface area contributed by atoms with E-state index in [1.54, 1.807) is 6.20 Å². The van der Waals surface area contributed by atoms with Crippen molar-refractivity contribution in [3.63, 3.8) is 0 Å². The molecule has 0 aliphatic carbocycles. The molecule has 0 aromatic carbocycles. The first-order chi connectivity index (χ1) is 8.59. The van der Waals surface area contributed by atoms with Crippen molar-refractivity contribution >= 4 is 15.4 Å². The Morgan fingerprint density at radius 1 is 1.33 bits per heavy atom. The van der Waals surface area contributed by atoms with Gasteiger partial charge >= 0.3 is 0 Å². The van der Waals surface area contributed by atoms with Crippen LogP contribution in [-0.4, -0.2) is 23.6 Å². The number of pyridine rings is 1. The Morgan fingerprint density at radius 3 is 2.94 bits per heavy atom. The molecule has 3 heterocycles. The van der Waals surface area contributed by atoms with E-state index in [1.807, 2.05) is 29.5 Å². The van der Waals surface area contributed by atoms with Gasteiger partial charge in [-0.3, -0.25) is 4.40 Å². The molecule has 1 fully saturated rings. The highest BCUT2D eigenvalue weighted by Crippen LogP contribution is 2.33. The normalized spacial score (nSPS) is 23.3. The van der Waals surface area contributed by atoms with Gasteiger partial charge in [-0.1, -0.05) is 12.5 Å². The highest BCUT2D eigenvalue weighted by atomic mass is 32.2. The summed E-state index contributed by atoms with van der Waals surface area (Å²) in [5, 5.41) is -0.435. The van der Waals surface area contributed by atoms with Crippen LogP contribution in [0.1, 0.15) is 36.0 Å². The number of nitrogens with zero attached hydrogens (tertiary/aromatic N) is 2. The zero-order valence-electron chi connectivity index (χ0n) is 10.3. The summed E-state index contributed by atoms with van der Waals surface area (Å²) >= 11 is 0. The predicted molar refractivity (Wildman–Crippen MR) is 70.3 cm³/mol. The van der Waals surface area contributed by atoms with Crippen LogP contribution in [0, 0.1) is 6.92 Å². The third-order valence-corrected chi connectivity index (χ3v) is 5.81. The van der Waals surface area contributed by atoms with Gasteiger partial charge in [-0.2, -0.15) is 0 Å². The second kappa shape index (κ2) is 4.09. The summed E-state index contributed by atoms with van der Waals surface area (Å²) < 4.78 is 26.3. The van der Waals surface area contributed by atoms with E-state index in [0.29, 0.717) is 18.0 Å². The van der Waals surface area contributed by atoms with Gasteiger partial charge in [0.05, 0.1) is 17.5 Å². The molecule has 0 bridgehead atoms. The van der Waals surface area contributed by atoms with Gasteiger partial charge in [0.2, 0.25) is 0 Å². The lowest BCUT2D eigenvalue weighted by Gasteiger charge is -2.21. The fraction of sp³-hybridized carbons (Fsp3) is 0.462. The molecule has 96 valence electrons. The zero-order valence-corrected chi connectivity index (χ0v) is 11.2. The Balaban J connectivity index is 2.20. The van der Waals surface area contributed by atoms with Crippen molar-refractivity contribution in [1.82, 2.24) is 9.38 Å². The Bertz CT molecular complexity index is 688. The van der Waals surface area contributed by atoms with Gasteiger partial charge in [-0.05, 0) is 31.9 Å². The molecule has 1 aliphatic rings. The molecular weight excluding hydrogens is 248 g/mol. The Hall–Kier alpha value is -1.36. The van der Waals surface area contributed by atoms with Crippen LogP contribution in [0.5, 0.6) is 0 Å². The fourth-order valence-corrected chi connectivity index (χ4v) is 4.62. The summed E-state index contributed by atoms with van der Waals surface area (Å²) in [5.41, 5.74) is 1.99. The van der Waals surface area contributed by atoms with Crippen LogP contribution in [-0.2, 0) is 9.84 Å². The van der Waals surface area contributed by atoms with Gasteiger partial charge in [0.15, 0.2) is 9.84 Å². The van der Waals surface area contributed by atoms with Crippen LogP contribution >= 0.6 is 0 Å². The summed E-state index contributed by atoms with van der Waals surface area (Å²) in [6, 6.07) is 5.90. The van der Waals surface area contributed by atoms with Gasteiger partial charge in [-0.25, -0.2) is 13.4 Å². The Morgan fingerprint density at radius 2 is 2.17 bits per heavy atom. The highest BCUT2D eigenvalue weighted by molar-refractivity contribution is 7.91. The average Bonchev–Trinajstić information content (AvgIpc) is 2.73. The van der Waals surface area contributed by atoms with E-state index in [2.05, 4.69) is 4.98 Å².